The zero-order valence-corrected chi connectivity index (χ0v) is 26.7. The number of nitrogens with one attached hydrogen (secondary N) is 2. The fourth-order valence-electron chi connectivity index (χ4n) is 6.82. The van der Waals surface area contributed by atoms with Gasteiger partial charge in [-0.15, -0.1) is 24.8 Å². The highest BCUT2D eigenvalue weighted by Gasteiger charge is 2.48. The number of aromatic nitrogens is 1. The highest BCUT2D eigenvalue weighted by atomic mass is 35.5. The Morgan fingerprint density at radius 1 is 1.05 bits per heavy atom. The zero-order chi connectivity index (χ0) is 26.1. The summed E-state index contributed by atoms with van der Waals surface area (Å²) in [7, 11) is 0. The Bertz CT molecular complexity index is 1210. The summed E-state index contributed by atoms with van der Waals surface area (Å²) in [5.74, 6) is 1.50. The largest absolute Gasteiger partial charge is 0.355 e. The minimum atomic E-state index is 0. The van der Waals surface area contributed by atoms with Crippen molar-refractivity contribution in [1.82, 2.24) is 20.1 Å². The third kappa shape index (κ3) is 7.11. The first kappa shape index (κ1) is 31.9. The van der Waals surface area contributed by atoms with Gasteiger partial charge in [0.2, 0.25) is 0 Å². The highest BCUT2D eigenvalue weighted by Crippen LogP contribution is 2.49. The standard InChI is InChI=1S/C30H37ClN4OS2.2ClH/c31-24-9-7-21(8-10-24)25-18-22(4-2-1-3-13-34-14-11-32-12-15-34)26(33-25)19-28-29(36)35(30(37)38-28)27-17-20-5-6-23(27)16-20;;/h7-10,18-20,23,27,32-33H,1-6,11-17H2;2*1H/b28-19-;;. The summed E-state index contributed by atoms with van der Waals surface area (Å²) in [6.07, 6.45) is 11.6. The van der Waals surface area contributed by atoms with Gasteiger partial charge in [-0.25, -0.2) is 0 Å². The minimum absolute atomic E-state index is 0. The second kappa shape index (κ2) is 14.4. The number of carbonyl (C=O) groups excluding carboxylic acids is 1. The first-order valence-electron chi connectivity index (χ1n) is 14.2. The number of aromatic amines is 1. The van der Waals surface area contributed by atoms with Gasteiger partial charge in [-0.3, -0.25) is 9.69 Å². The molecule has 1 amide bonds. The molecular weight excluding hydrogens is 603 g/mol. The Hall–Kier alpha value is -1.06. The molecule has 2 saturated heterocycles. The lowest BCUT2D eigenvalue weighted by Gasteiger charge is -2.30. The number of piperazine rings is 1. The molecule has 0 spiro atoms. The van der Waals surface area contributed by atoms with Crippen LogP contribution >= 0.6 is 60.4 Å². The molecule has 0 radical (unpaired) electrons. The molecule has 1 aromatic heterocycles. The molecule has 10 heteroatoms. The van der Waals surface area contributed by atoms with Gasteiger partial charge in [0.1, 0.15) is 4.32 Å². The number of carbonyl (C=O) groups is 1. The molecule has 2 bridgehead atoms. The molecule has 2 saturated carbocycles. The quantitative estimate of drug-likeness (QED) is 0.173. The number of fused-ring (bicyclic) bond motifs is 2. The van der Waals surface area contributed by atoms with Gasteiger partial charge in [0.05, 0.1) is 4.91 Å². The molecule has 4 fully saturated rings. The van der Waals surface area contributed by atoms with Gasteiger partial charge in [0, 0.05) is 48.6 Å². The van der Waals surface area contributed by atoms with Crippen LogP contribution in [0.2, 0.25) is 5.02 Å². The number of amides is 1. The third-order valence-corrected chi connectivity index (χ3v) is 10.4. The first-order chi connectivity index (χ1) is 18.5. The van der Waals surface area contributed by atoms with Crippen LogP contribution in [-0.2, 0) is 11.2 Å². The number of aryl methyl sites for hydroxylation is 1. The molecular formula is C30H39Cl3N4OS2. The van der Waals surface area contributed by atoms with Crippen LogP contribution in [0, 0.1) is 11.8 Å². The van der Waals surface area contributed by atoms with Crippen molar-refractivity contribution in [3.63, 3.8) is 0 Å². The number of H-pyrrole nitrogens is 1. The smallest absolute Gasteiger partial charge is 0.266 e. The lowest BCUT2D eigenvalue weighted by molar-refractivity contribution is -0.124. The van der Waals surface area contributed by atoms with Crippen molar-refractivity contribution in [1.29, 1.82) is 0 Å². The summed E-state index contributed by atoms with van der Waals surface area (Å²) in [4.78, 5) is 22.5. The van der Waals surface area contributed by atoms with E-state index in [1.54, 1.807) is 0 Å². The summed E-state index contributed by atoms with van der Waals surface area (Å²) in [6, 6.07) is 10.5. The van der Waals surface area contributed by atoms with Gasteiger partial charge in [0.15, 0.2) is 0 Å². The van der Waals surface area contributed by atoms with Crippen LogP contribution in [0.5, 0.6) is 0 Å². The average Bonchev–Trinajstić information content (AvgIpc) is 3.70. The van der Waals surface area contributed by atoms with Crippen molar-refractivity contribution in [2.75, 3.05) is 32.7 Å². The lowest BCUT2D eigenvalue weighted by atomic mass is 9.94. The van der Waals surface area contributed by atoms with Crippen LogP contribution in [0.15, 0.2) is 35.2 Å². The van der Waals surface area contributed by atoms with E-state index in [1.165, 1.54) is 56.0 Å². The minimum Gasteiger partial charge on any atom is -0.355 e. The summed E-state index contributed by atoms with van der Waals surface area (Å²) in [6.45, 7) is 5.71. The average molecular weight is 642 g/mol. The number of nitrogens with zero attached hydrogens (tertiary/aromatic N) is 2. The van der Waals surface area contributed by atoms with Crippen molar-refractivity contribution in [2.45, 2.75) is 57.4 Å². The van der Waals surface area contributed by atoms with Crippen LogP contribution in [0.3, 0.4) is 0 Å². The Labute approximate surface area is 265 Å². The topological polar surface area (TPSA) is 51.4 Å². The van der Waals surface area contributed by atoms with Gasteiger partial charge < -0.3 is 15.2 Å². The molecule has 2 aliphatic carbocycles. The lowest BCUT2D eigenvalue weighted by Crippen LogP contribution is -2.43. The SMILES string of the molecule is Cl.Cl.O=C1/C(=C/c2[nH]c(-c3ccc(Cl)cc3)cc2CCCCCN2CCNCC2)SC(=S)N1C1CC2CCC1C2. The zero-order valence-electron chi connectivity index (χ0n) is 22.7. The van der Waals surface area contributed by atoms with E-state index < -0.39 is 0 Å². The van der Waals surface area contributed by atoms with E-state index in [-0.39, 0.29) is 30.7 Å². The molecule has 2 N–H and O–H groups in total. The molecule has 1 aromatic carbocycles. The van der Waals surface area contributed by atoms with Crippen LogP contribution in [0.4, 0.5) is 0 Å². The summed E-state index contributed by atoms with van der Waals surface area (Å²) < 4.78 is 0.734. The van der Waals surface area contributed by atoms with Crippen molar-refractivity contribution < 1.29 is 4.79 Å². The van der Waals surface area contributed by atoms with E-state index in [2.05, 4.69) is 27.3 Å². The number of hydrogen-bond acceptors (Lipinski definition) is 5. The summed E-state index contributed by atoms with van der Waals surface area (Å²) in [5.41, 5.74) is 4.46. The second-order valence-corrected chi connectivity index (χ2v) is 13.4. The van der Waals surface area contributed by atoms with E-state index in [1.807, 2.05) is 29.2 Å². The molecule has 4 aliphatic rings. The molecule has 3 atom stereocenters. The maximum atomic E-state index is 13.6. The number of unbranched alkanes of at least 4 members (excludes halogenated alkanes) is 2. The Balaban J connectivity index is 0.00000185. The van der Waals surface area contributed by atoms with Gasteiger partial charge in [0.25, 0.3) is 5.91 Å². The van der Waals surface area contributed by atoms with Crippen LogP contribution in [0.25, 0.3) is 17.3 Å². The Kier molecular flexibility index (Phi) is 11.5. The van der Waals surface area contributed by atoms with Gasteiger partial charge in [-0.1, -0.05) is 60.6 Å². The monoisotopic (exact) mass is 640 g/mol. The second-order valence-electron chi connectivity index (χ2n) is 11.3. The Morgan fingerprint density at radius 3 is 2.52 bits per heavy atom. The van der Waals surface area contributed by atoms with E-state index in [0.29, 0.717) is 12.0 Å². The Morgan fingerprint density at radius 2 is 1.82 bits per heavy atom. The van der Waals surface area contributed by atoms with E-state index >= 15 is 0 Å². The highest BCUT2D eigenvalue weighted by molar-refractivity contribution is 8.26. The molecule has 2 aromatic rings. The maximum Gasteiger partial charge on any atom is 0.266 e. The van der Waals surface area contributed by atoms with Crippen LogP contribution < -0.4 is 5.32 Å². The summed E-state index contributed by atoms with van der Waals surface area (Å²) in [5, 5.41) is 4.16. The van der Waals surface area contributed by atoms with E-state index in [0.717, 1.165) is 82.6 Å². The van der Waals surface area contributed by atoms with Crippen LogP contribution in [0.1, 0.15) is 56.2 Å². The van der Waals surface area contributed by atoms with E-state index in [9.17, 15) is 4.79 Å². The molecule has 40 heavy (non-hydrogen) atoms. The predicted molar refractivity (Wildman–Crippen MR) is 177 cm³/mol. The number of halogens is 3. The van der Waals surface area contributed by atoms with E-state index in [4.69, 9.17) is 23.8 Å². The number of hydrogen-bond donors (Lipinski definition) is 2. The first-order valence-corrected chi connectivity index (χ1v) is 15.8. The maximum absolute atomic E-state index is 13.6. The number of rotatable bonds is 9. The van der Waals surface area contributed by atoms with Crippen molar-refractivity contribution >= 4 is 76.7 Å². The normalized spacial score (nSPS) is 25.5. The van der Waals surface area contributed by atoms with Crippen molar-refractivity contribution in [3.8, 4) is 11.3 Å². The number of thioether (sulfide) groups is 1. The number of benzene rings is 1. The summed E-state index contributed by atoms with van der Waals surface area (Å²) >= 11 is 13.4. The van der Waals surface area contributed by atoms with Crippen molar-refractivity contribution in [3.05, 3.63) is 51.5 Å². The van der Waals surface area contributed by atoms with Gasteiger partial charge in [-0.2, -0.15) is 0 Å². The van der Waals surface area contributed by atoms with Gasteiger partial charge >= 0.3 is 0 Å². The molecule has 2 aliphatic heterocycles. The number of thiocarbonyl (C=S) groups is 1. The molecule has 5 nitrogen and oxygen atoms in total. The molecule has 3 heterocycles. The predicted octanol–water partition coefficient (Wildman–Crippen LogP) is 7.19. The fourth-order valence-corrected chi connectivity index (χ4v) is 8.30. The van der Waals surface area contributed by atoms with Gasteiger partial charge in [-0.05, 0) is 92.3 Å². The van der Waals surface area contributed by atoms with Crippen LogP contribution in [-0.4, -0.2) is 63.8 Å². The fraction of sp³-hybridized carbons (Fsp3) is 0.533. The molecule has 218 valence electrons. The third-order valence-electron chi connectivity index (χ3n) is 8.85. The molecule has 6 rings (SSSR count). The molecule has 3 unspecified atom stereocenters. The van der Waals surface area contributed by atoms with Crippen molar-refractivity contribution in [2.24, 2.45) is 11.8 Å².